The largest absolute Gasteiger partial charge is 0.396 e. The van der Waals surface area contributed by atoms with Gasteiger partial charge in [-0.05, 0) is 25.9 Å². The van der Waals surface area contributed by atoms with Gasteiger partial charge in [0, 0.05) is 12.1 Å². The van der Waals surface area contributed by atoms with Crippen molar-refractivity contribution in [2.45, 2.75) is 18.9 Å². The van der Waals surface area contributed by atoms with Gasteiger partial charge in [-0.15, -0.1) is 0 Å². The van der Waals surface area contributed by atoms with Gasteiger partial charge in [-0.2, -0.15) is 5.26 Å². The molecule has 8 heteroatoms. The number of nitrogens with one attached hydrogen (secondary N) is 3. The lowest BCUT2D eigenvalue weighted by atomic mass is 10.1. The number of hydrogen-bond donors (Lipinski definition) is 4. The van der Waals surface area contributed by atoms with Crippen LogP contribution in [0, 0.1) is 11.3 Å². The molecule has 0 atom stereocenters. The Morgan fingerprint density at radius 1 is 1.13 bits per heavy atom. The van der Waals surface area contributed by atoms with Crippen LogP contribution in [0.15, 0.2) is 24.7 Å². The Hall–Kier alpha value is -2.92. The number of nitrogen functional groups attached to an aromatic ring is 1. The lowest BCUT2D eigenvalue weighted by Gasteiger charge is -2.25. The van der Waals surface area contributed by atoms with Crippen molar-refractivity contribution >= 4 is 23.0 Å². The van der Waals surface area contributed by atoms with Crippen LogP contribution in [-0.4, -0.2) is 34.1 Å². The average Bonchev–Trinajstić information content (AvgIpc) is 2.59. The van der Waals surface area contributed by atoms with Crippen molar-refractivity contribution in [3.63, 3.8) is 0 Å². The molecule has 2 aromatic heterocycles. The van der Waals surface area contributed by atoms with Crippen molar-refractivity contribution in [1.29, 1.82) is 5.26 Å². The summed E-state index contributed by atoms with van der Waals surface area (Å²) in [5.74, 6) is 1.14. The zero-order valence-corrected chi connectivity index (χ0v) is 12.6. The van der Waals surface area contributed by atoms with Gasteiger partial charge in [0.2, 0.25) is 0 Å². The average molecular weight is 310 g/mol. The predicted molar refractivity (Wildman–Crippen MR) is 88.2 cm³/mol. The van der Waals surface area contributed by atoms with Gasteiger partial charge in [0.15, 0.2) is 5.69 Å². The topological polar surface area (TPSA) is 125 Å². The van der Waals surface area contributed by atoms with E-state index in [4.69, 9.17) is 11.0 Å². The maximum absolute atomic E-state index is 8.73. The van der Waals surface area contributed by atoms with Gasteiger partial charge >= 0.3 is 0 Å². The molecule has 3 rings (SSSR count). The fourth-order valence-electron chi connectivity index (χ4n) is 2.43. The Labute approximate surface area is 134 Å². The predicted octanol–water partition coefficient (Wildman–Crippen LogP) is 1.23. The number of piperidine rings is 1. The third-order valence-electron chi connectivity index (χ3n) is 3.66. The van der Waals surface area contributed by atoms with Crippen molar-refractivity contribution in [3.8, 4) is 6.07 Å². The quantitative estimate of drug-likeness (QED) is 0.664. The van der Waals surface area contributed by atoms with Crippen molar-refractivity contribution < 1.29 is 0 Å². The highest BCUT2D eigenvalue weighted by Crippen LogP contribution is 2.24. The molecule has 0 unspecified atom stereocenters. The maximum atomic E-state index is 8.73. The normalized spacial score (nSPS) is 14.9. The van der Waals surface area contributed by atoms with Crippen molar-refractivity contribution in [2.24, 2.45) is 0 Å². The summed E-state index contributed by atoms with van der Waals surface area (Å²) >= 11 is 0. The molecule has 0 aromatic carbocycles. The van der Waals surface area contributed by atoms with E-state index in [1.165, 1.54) is 12.4 Å². The number of pyridine rings is 1. The minimum Gasteiger partial charge on any atom is -0.396 e. The smallest absolute Gasteiger partial charge is 0.158 e. The molecular formula is C15H18N8. The molecule has 118 valence electrons. The summed E-state index contributed by atoms with van der Waals surface area (Å²) in [6, 6.07) is 4.20. The molecule has 3 heterocycles. The Bertz CT molecular complexity index is 700. The highest BCUT2D eigenvalue weighted by Gasteiger charge is 2.14. The van der Waals surface area contributed by atoms with E-state index >= 15 is 0 Å². The second kappa shape index (κ2) is 6.89. The van der Waals surface area contributed by atoms with Crippen LogP contribution >= 0.6 is 0 Å². The monoisotopic (exact) mass is 310 g/mol. The third kappa shape index (κ3) is 3.84. The van der Waals surface area contributed by atoms with Gasteiger partial charge in [-0.3, -0.25) is 0 Å². The molecule has 0 aliphatic carbocycles. The first-order chi connectivity index (χ1) is 11.2. The van der Waals surface area contributed by atoms with E-state index < -0.39 is 0 Å². The Morgan fingerprint density at radius 3 is 2.61 bits per heavy atom. The van der Waals surface area contributed by atoms with Gasteiger partial charge in [0.25, 0.3) is 0 Å². The first kappa shape index (κ1) is 15.0. The Morgan fingerprint density at radius 2 is 1.91 bits per heavy atom. The van der Waals surface area contributed by atoms with Crippen LogP contribution < -0.4 is 21.7 Å². The molecule has 0 spiro atoms. The van der Waals surface area contributed by atoms with Crippen molar-refractivity contribution in [3.05, 3.63) is 30.4 Å². The van der Waals surface area contributed by atoms with Gasteiger partial charge in [-0.1, -0.05) is 0 Å². The number of nitrogens with zero attached hydrogens (tertiary/aromatic N) is 4. The lowest BCUT2D eigenvalue weighted by Crippen LogP contribution is -2.35. The molecular weight excluding hydrogens is 292 g/mol. The van der Waals surface area contributed by atoms with E-state index in [1.54, 1.807) is 6.20 Å². The minimum absolute atomic E-state index is 0.272. The van der Waals surface area contributed by atoms with E-state index in [-0.39, 0.29) is 5.69 Å². The van der Waals surface area contributed by atoms with Gasteiger partial charge in [0.1, 0.15) is 17.7 Å². The zero-order chi connectivity index (χ0) is 16.1. The van der Waals surface area contributed by atoms with Crippen LogP contribution in [0.4, 0.5) is 23.0 Å². The first-order valence-electron chi connectivity index (χ1n) is 7.46. The number of rotatable bonds is 4. The second-order valence-corrected chi connectivity index (χ2v) is 5.35. The molecule has 1 saturated heterocycles. The number of aromatic nitrogens is 3. The number of anilines is 4. The van der Waals surface area contributed by atoms with Gasteiger partial charge in [-0.25, -0.2) is 15.0 Å². The lowest BCUT2D eigenvalue weighted by molar-refractivity contribution is 0.479. The molecule has 0 bridgehead atoms. The van der Waals surface area contributed by atoms with E-state index in [0.29, 0.717) is 23.4 Å². The van der Waals surface area contributed by atoms with Crippen LogP contribution in [0.5, 0.6) is 0 Å². The molecule has 0 saturated carbocycles. The summed E-state index contributed by atoms with van der Waals surface area (Å²) in [6.45, 7) is 2.02. The maximum Gasteiger partial charge on any atom is 0.158 e. The number of nitrogens with two attached hydrogens (primary N) is 1. The molecule has 0 amide bonds. The zero-order valence-electron chi connectivity index (χ0n) is 12.6. The third-order valence-corrected chi connectivity index (χ3v) is 3.66. The van der Waals surface area contributed by atoms with Crippen LogP contribution in [0.1, 0.15) is 18.5 Å². The molecule has 1 aliphatic rings. The van der Waals surface area contributed by atoms with E-state index in [0.717, 1.165) is 31.6 Å². The van der Waals surface area contributed by atoms with Crippen LogP contribution in [0.3, 0.4) is 0 Å². The number of hydrogen-bond acceptors (Lipinski definition) is 8. The van der Waals surface area contributed by atoms with Gasteiger partial charge in [0.05, 0.1) is 30.0 Å². The molecule has 1 aliphatic heterocycles. The molecule has 0 radical (unpaired) electrons. The van der Waals surface area contributed by atoms with Crippen molar-refractivity contribution in [2.75, 3.05) is 29.5 Å². The Kier molecular flexibility index (Phi) is 4.49. The molecule has 23 heavy (non-hydrogen) atoms. The van der Waals surface area contributed by atoms with Crippen LogP contribution in [-0.2, 0) is 0 Å². The summed E-state index contributed by atoms with van der Waals surface area (Å²) in [5.41, 5.74) is 7.75. The SMILES string of the molecule is N#Cc1cnc(Nc2cc(NC3CCNCC3)c(N)cn2)cn1. The summed E-state index contributed by atoms with van der Waals surface area (Å²) in [4.78, 5) is 12.3. The van der Waals surface area contributed by atoms with Crippen molar-refractivity contribution in [1.82, 2.24) is 20.3 Å². The molecule has 2 aromatic rings. The fraction of sp³-hybridized carbons (Fsp3) is 0.333. The summed E-state index contributed by atoms with van der Waals surface area (Å²) < 4.78 is 0. The fourth-order valence-corrected chi connectivity index (χ4v) is 2.43. The van der Waals surface area contributed by atoms with E-state index in [9.17, 15) is 0 Å². The second-order valence-electron chi connectivity index (χ2n) is 5.35. The minimum atomic E-state index is 0.272. The summed E-state index contributed by atoms with van der Waals surface area (Å²) in [5, 5.41) is 18.6. The van der Waals surface area contributed by atoms with E-state index in [1.807, 2.05) is 12.1 Å². The molecule has 1 fully saturated rings. The summed E-state index contributed by atoms with van der Waals surface area (Å²) in [7, 11) is 0. The molecule has 8 nitrogen and oxygen atoms in total. The number of nitriles is 1. The highest BCUT2D eigenvalue weighted by molar-refractivity contribution is 5.70. The summed E-state index contributed by atoms with van der Waals surface area (Å²) in [6.07, 6.45) is 6.64. The highest BCUT2D eigenvalue weighted by atomic mass is 15.1. The Balaban J connectivity index is 1.72. The first-order valence-corrected chi connectivity index (χ1v) is 7.46. The van der Waals surface area contributed by atoms with Crippen LogP contribution in [0.25, 0.3) is 0 Å². The van der Waals surface area contributed by atoms with Gasteiger partial charge < -0.3 is 21.7 Å². The molecule has 5 N–H and O–H groups in total. The van der Waals surface area contributed by atoms with Crippen LogP contribution in [0.2, 0.25) is 0 Å². The standard InChI is InChI=1S/C15H18N8/c16-6-11-7-20-15(9-19-11)23-14-5-13(12(17)8-21-14)22-10-1-3-18-4-2-10/h5,7-10,18H,1-4,17H2,(H2,20,21,22,23). The van der Waals surface area contributed by atoms with E-state index in [2.05, 4.69) is 30.9 Å².